The van der Waals surface area contributed by atoms with Crippen LogP contribution in [-0.4, -0.2) is 5.91 Å². The third-order valence-corrected chi connectivity index (χ3v) is 5.38. The second kappa shape index (κ2) is 6.81. The number of hydrogen-bond acceptors (Lipinski definition) is 3. The van der Waals surface area contributed by atoms with Gasteiger partial charge in [-0.1, -0.05) is 42.0 Å². The molecular formula is C22H19NO2S. The Labute approximate surface area is 156 Å². The number of hydrogen-bond donors (Lipinski definition) is 0. The van der Waals surface area contributed by atoms with E-state index in [0.717, 1.165) is 32.7 Å². The number of thiophene rings is 1. The zero-order valence-electron chi connectivity index (χ0n) is 14.7. The van der Waals surface area contributed by atoms with Crippen molar-refractivity contribution < 1.29 is 9.21 Å². The standard InChI is InChI=1S/C22H19NO2S/c1-15-9-11-17(12-10-15)23(14-18-6-5-13-26-18)22(24)21-16(2)19-7-3-4-8-20(19)25-21/h3-13H,14H2,1-2H3. The number of carbonyl (C=O) groups excluding carboxylic acids is 1. The summed E-state index contributed by atoms with van der Waals surface area (Å²) in [4.78, 5) is 16.3. The van der Waals surface area contributed by atoms with Crippen LogP contribution in [0.4, 0.5) is 5.69 Å². The minimum atomic E-state index is -0.115. The fourth-order valence-corrected chi connectivity index (χ4v) is 3.76. The van der Waals surface area contributed by atoms with Gasteiger partial charge in [0.2, 0.25) is 0 Å². The summed E-state index contributed by atoms with van der Waals surface area (Å²) in [5.41, 5.74) is 3.66. The zero-order chi connectivity index (χ0) is 18.1. The van der Waals surface area contributed by atoms with Gasteiger partial charge in [-0.15, -0.1) is 11.3 Å². The number of aryl methyl sites for hydroxylation is 2. The van der Waals surface area contributed by atoms with E-state index in [1.54, 1.807) is 16.2 Å². The first-order chi connectivity index (χ1) is 12.6. The van der Waals surface area contributed by atoms with Crippen molar-refractivity contribution in [2.24, 2.45) is 0 Å². The van der Waals surface area contributed by atoms with Crippen molar-refractivity contribution in [1.29, 1.82) is 0 Å². The highest BCUT2D eigenvalue weighted by Crippen LogP contribution is 2.29. The molecule has 0 aliphatic rings. The molecule has 2 aromatic heterocycles. The maximum atomic E-state index is 13.4. The summed E-state index contributed by atoms with van der Waals surface area (Å²) in [5, 5.41) is 3.01. The topological polar surface area (TPSA) is 33.5 Å². The van der Waals surface area contributed by atoms with Crippen molar-refractivity contribution in [1.82, 2.24) is 0 Å². The number of fused-ring (bicyclic) bond motifs is 1. The molecule has 0 radical (unpaired) electrons. The van der Waals surface area contributed by atoms with Gasteiger partial charge in [-0.05, 0) is 43.5 Å². The fraction of sp³-hybridized carbons (Fsp3) is 0.136. The molecule has 4 heteroatoms. The van der Waals surface area contributed by atoms with Crippen LogP contribution in [0.5, 0.6) is 0 Å². The molecule has 130 valence electrons. The first-order valence-corrected chi connectivity index (χ1v) is 9.40. The molecule has 0 fully saturated rings. The largest absolute Gasteiger partial charge is 0.451 e. The summed E-state index contributed by atoms with van der Waals surface area (Å²) in [7, 11) is 0. The van der Waals surface area contributed by atoms with Gasteiger partial charge in [0.1, 0.15) is 5.58 Å². The van der Waals surface area contributed by atoms with Crippen LogP contribution in [0.15, 0.2) is 70.5 Å². The van der Waals surface area contributed by atoms with E-state index in [2.05, 4.69) is 0 Å². The minimum absolute atomic E-state index is 0.115. The van der Waals surface area contributed by atoms with Gasteiger partial charge in [0.15, 0.2) is 5.76 Å². The van der Waals surface area contributed by atoms with Gasteiger partial charge in [0, 0.05) is 21.5 Å². The Morgan fingerprint density at radius 1 is 1.00 bits per heavy atom. The molecule has 0 aliphatic heterocycles. The highest BCUT2D eigenvalue weighted by Gasteiger charge is 2.25. The number of carbonyl (C=O) groups is 1. The Kier molecular flexibility index (Phi) is 4.35. The second-order valence-corrected chi connectivity index (χ2v) is 7.39. The summed E-state index contributed by atoms with van der Waals surface area (Å²) >= 11 is 1.65. The molecule has 2 aromatic carbocycles. The molecule has 0 saturated carbocycles. The van der Waals surface area contributed by atoms with Gasteiger partial charge >= 0.3 is 0 Å². The van der Waals surface area contributed by atoms with Gasteiger partial charge in [-0.2, -0.15) is 0 Å². The van der Waals surface area contributed by atoms with Gasteiger partial charge in [0.25, 0.3) is 5.91 Å². The lowest BCUT2D eigenvalue weighted by Gasteiger charge is -2.22. The molecule has 26 heavy (non-hydrogen) atoms. The second-order valence-electron chi connectivity index (χ2n) is 6.36. The van der Waals surface area contributed by atoms with E-state index in [-0.39, 0.29) is 5.91 Å². The molecule has 4 rings (SSSR count). The number of nitrogens with zero attached hydrogens (tertiary/aromatic N) is 1. The fourth-order valence-electron chi connectivity index (χ4n) is 3.06. The number of rotatable bonds is 4. The third kappa shape index (κ3) is 3.04. The van der Waals surface area contributed by atoms with E-state index in [1.165, 1.54) is 0 Å². The van der Waals surface area contributed by atoms with Crippen LogP contribution in [0.2, 0.25) is 0 Å². The van der Waals surface area contributed by atoms with Crippen LogP contribution in [0.25, 0.3) is 11.0 Å². The van der Waals surface area contributed by atoms with E-state index in [4.69, 9.17) is 4.42 Å². The molecule has 0 aliphatic carbocycles. The maximum Gasteiger partial charge on any atom is 0.294 e. The van der Waals surface area contributed by atoms with E-state index >= 15 is 0 Å². The average Bonchev–Trinajstić information content (AvgIpc) is 3.28. The molecule has 0 bridgehead atoms. The quantitative estimate of drug-likeness (QED) is 0.449. The van der Waals surface area contributed by atoms with Gasteiger partial charge in [-0.25, -0.2) is 0 Å². The van der Waals surface area contributed by atoms with Crippen LogP contribution < -0.4 is 4.90 Å². The molecule has 0 spiro atoms. The lowest BCUT2D eigenvalue weighted by Crippen LogP contribution is -2.30. The number of furan rings is 1. The Morgan fingerprint density at radius 3 is 2.46 bits per heavy atom. The predicted molar refractivity (Wildman–Crippen MR) is 107 cm³/mol. The van der Waals surface area contributed by atoms with E-state index in [9.17, 15) is 4.79 Å². The number of para-hydroxylation sites is 1. The Bertz CT molecular complexity index is 1050. The van der Waals surface area contributed by atoms with Crippen LogP contribution >= 0.6 is 11.3 Å². The highest BCUT2D eigenvalue weighted by atomic mass is 32.1. The van der Waals surface area contributed by atoms with E-state index < -0.39 is 0 Å². The molecule has 0 N–H and O–H groups in total. The first kappa shape index (κ1) is 16.6. The molecule has 0 atom stereocenters. The van der Waals surface area contributed by atoms with Crippen LogP contribution in [0.1, 0.15) is 26.6 Å². The van der Waals surface area contributed by atoms with Gasteiger partial charge in [0.05, 0.1) is 6.54 Å². The highest BCUT2D eigenvalue weighted by molar-refractivity contribution is 7.09. The molecule has 1 amide bonds. The van der Waals surface area contributed by atoms with Crippen molar-refractivity contribution in [2.45, 2.75) is 20.4 Å². The summed E-state index contributed by atoms with van der Waals surface area (Å²) in [6.07, 6.45) is 0. The monoisotopic (exact) mass is 361 g/mol. The molecule has 3 nitrogen and oxygen atoms in total. The third-order valence-electron chi connectivity index (χ3n) is 4.52. The lowest BCUT2D eigenvalue weighted by atomic mass is 10.1. The summed E-state index contributed by atoms with van der Waals surface area (Å²) < 4.78 is 5.92. The van der Waals surface area contributed by atoms with E-state index in [0.29, 0.717) is 12.3 Å². The lowest BCUT2D eigenvalue weighted by molar-refractivity contribution is 0.0960. The van der Waals surface area contributed by atoms with Crippen molar-refractivity contribution in [3.8, 4) is 0 Å². The maximum absolute atomic E-state index is 13.4. The predicted octanol–water partition coefficient (Wildman–Crippen LogP) is 5.96. The molecule has 0 unspecified atom stereocenters. The van der Waals surface area contributed by atoms with Crippen molar-refractivity contribution in [3.63, 3.8) is 0 Å². The van der Waals surface area contributed by atoms with Crippen molar-refractivity contribution in [3.05, 3.63) is 87.8 Å². The normalized spacial score (nSPS) is 11.0. The van der Waals surface area contributed by atoms with Gasteiger partial charge in [-0.3, -0.25) is 4.79 Å². The molecule has 0 saturated heterocycles. The number of amides is 1. The Hall–Kier alpha value is -2.85. The van der Waals surface area contributed by atoms with E-state index in [1.807, 2.05) is 79.9 Å². The SMILES string of the molecule is Cc1ccc(N(Cc2cccs2)C(=O)c2oc3ccccc3c2C)cc1. The number of benzene rings is 2. The Balaban J connectivity index is 1.77. The van der Waals surface area contributed by atoms with Crippen LogP contribution in [0, 0.1) is 13.8 Å². The molecule has 2 heterocycles. The van der Waals surface area contributed by atoms with Gasteiger partial charge < -0.3 is 9.32 Å². The average molecular weight is 361 g/mol. The van der Waals surface area contributed by atoms with Crippen molar-refractivity contribution >= 4 is 33.9 Å². The van der Waals surface area contributed by atoms with Crippen LogP contribution in [0.3, 0.4) is 0 Å². The first-order valence-electron chi connectivity index (χ1n) is 8.52. The summed E-state index contributed by atoms with van der Waals surface area (Å²) in [6.45, 7) is 4.51. The zero-order valence-corrected chi connectivity index (χ0v) is 15.5. The molecular weight excluding hydrogens is 342 g/mol. The summed E-state index contributed by atoms with van der Waals surface area (Å²) in [5.74, 6) is 0.291. The van der Waals surface area contributed by atoms with Crippen LogP contribution in [-0.2, 0) is 6.54 Å². The van der Waals surface area contributed by atoms with Crippen molar-refractivity contribution in [2.75, 3.05) is 4.90 Å². The number of anilines is 1. The Morgan fingerprint density at radius 2 is 1.77 bits per heavy atom. The smallest absolute Gasteiger partial charge is 0.294 e. The summed E-state index contributed by atoms with van der Waals surface area (Å²) in [6, 6.07) is 19.8. The minimum Gasteiger partial charge on any atom is -0.451 e. The molecule has 4 aromatic rings.